The molecule has 1 unspecified atom stereocenters. The number of hydrogen-bond donors (Lipinski definition) is 2. The largest absolute Gasteiger partial charge is 0.476 e. The molecule has 0 amide bonds. The monoisotopic (exact) mass is 271 g/mol. The number of aromatic nitrogens is 2. The third-order valence-corrected chi connectivity index (χ3v) is 3.77. The summed E-state index contributed by atoms with van der Waals surface area (Å²) in [5, 5.41) is 15.7. The normalized spacial score (nSPS) is 19.3. The van der Waals surface area contributed by atoms with Gasteiger partial charge in [-0.3, -0.25) is 10.00 Å². The van der Waals surface area contributed by atoms with Crippen molar-refractivity contribution in [2.24, 2.45) is 0 Å². The van der Waals surface area contributed by atoms with E-state index < -0.39 is 5.97 Å². The van der Waals surface area contributed by atoms with Gasteiger partial charge in [0.2, 0.25) is 0 Å². The number of aromatic carboxylic acids is 1. The van der Waals surface area contributed by atoms with Crippen LogP contribution in [0.15, 0.2) is 36.4 Å². The highest BCUT2D eigenvalue weighted by molar-refractivity contribution is 5.85. The molecule has 1 fully saturated rings. The second kappa shape index (κ2) is 5.46. The molecule has 0 spiro atoms. The van der Waals surface area contributed by atoms with Crippen molar-refractivity contribution in [3.8, 4) is 0 Å². The number of nitrogens with zero attached hydrogens (tertiary/aromatic N) is 2. The smallest absolute Gasteiger partial charge is 0.356 e. The molecule has 2 N–H and O–H groups in total. The zero-order chi connectivity index (χ0) is 13.9. The van der Waals surface area contributed by atoms with Crippen molar-refractivity contribution in [2.75, 3.05) is 6.54 Å². The number of H-pyrrole nitrogens is 1. The molecule has 1 atom stereocenters. The Morgan fingerprint density at radius 3 is 2.90 bits per heavy atom. The van der Waals surface area contributed by atoms with Gasteiger partial charge >= 0.3 is 5.97 Å². The van der Waals surface area contributed by atoms with E-state index in [0.29, 0.717) is 0 Å². The summed E-state index contributed by atoms with van der Waals surface area (Å²) in [6, 6.07) is 12.2. The van der Waals surface area contributed by atoms with Gasteiger partial charge in [0.25, 0.3) is 0 Å². The number of nitrogens with one attached hydrogen (secondary N) is 1. The Labute approximate surface area is 117 Å². The number of carboxylic acid groups (broad SMARTS) is 1. The third-order valence-electron chi connectivity index (χ3n) is 3.77. The molecule has 2 heterocycles. The molecular formula is C15H17N3O2. The molecule has 104 valence electrons. The van der Waals surface area contributed by atoms with E-state index in [0.717, 1.165) is 31.6 Å². The molecule has 0 radical (unpaired) electrons. The van der Waals surface area contributed by atoms with Crippen LogP contribution in [0.1, 0.15) is 40.6 Å². The first-order valence-corrected chi connectivity index (χ1v) is 6.80. The molecule has 0 bridgehead atoms. The van der Waals surface area contributed by atoms with Crippen LogP contribution in [0.2, 0.25) is 0 Å². The first kappa shape index (κ1) is 12.9. The average molecular weight is 271 g/mol. The lowest BCUT2D eigenvalue weighted by Gasteiger charge is -2.23. The van der Waals surface area contributed by atoms with Crippen molar-refractivity contribution in [3.05, 3.63) is 53.3 Å². The molecule has 1 aromatic carbocycles. The fourth-order valence-corrected chi connectivity index (χ4v) is 2.80. The summed E-state index contributed by atoms with van der Waals surface area (Å²) in [6.45, 7) is 1.91. The summed E-state index contributed by atoms with van der Waals surface area (Å²) >= 11 is 0. The van der Waals surface area contributed by atoms with Crippen molar-refractivity contribution >= 4 is 5.97 Å². The van der Waals surface area contributed by atoms with E-state index in [-0.39, 0.29) is 11.7 Å². The first-order chi connectivity index (χ1) is 9.74. The molecule has 5 nitrogen and oxygen atoms in total. The Hall–Kier alpha value is -2.14. The SMILES string of the molecule is O=C(O)c1cc(C2CCCN2Cc2ccccc2)[nH]n1. The highest BCUT2D eigenvalue weighted by Gasteiger charge is 2.28. The molecule has 20 heavy (non-hydrogen) atoms. The molecular weight excluding hydrogens is 254 g/mol. The highest BCUT2D eigenvalue weighted by Crippen LogP contribution is 2.32. The van der Waals surface area contributed by atoms with Gasteiger partial charge in [0, 0.05) is 6.54 Å². The lowest BCUT2D eigenvalue weighted by molar-refractivity contribution is 0.0690. The Balaban J connectivity index is 1.76. The van der Waals surface area contributed by atoms with Gasteiger partial charge in [0.15, 0.2) is 5.69 Å². The van der Waals surface area contributed by atoms with Crippen LogP contribution in [0, 0.1) is 0 Å². The van der Waals surface area contributed by atoms with Crippen molar-refractivity contribution in [3.63, 3.8) is 0 Å². The maximum atomic E-state index is 10.9. The zero-order valence-electron chi connectivity index (χ0n) is 11.1. The topological polar surface area (TPSA) is 69.2 Å². The number of likely N-dealkylation sites (tertiary alicyclic amines) is 1. The standard InChI is InChI=1S/C15H17N3O2/c19-15(20)13-9-12(16-17-13)14-7-4-8-18(14)10-11-5-2-1-3-6-11/h1-3,5-6,9,14H,4,7-8,10H2,(H,16,17)(H,19,20). The van der Waals surface area contributed by atoms with Gasteiger partial charge in [-0.1, -0.05) is 30.3 Å². The molecule has 5 heteroatoms. The van der Waals surface area contributed by atoms with Crippen molar-refractivity contribution in [2.45, 2.75) is 25.4 Å². The second-order valence-electron chi connectivity index (χ2n) is 5.13. The van der Waals surface area contributed by atoms with Gasteiger partial charge in [-0.2, -0.15) is 5.10 Å². The number of benzene rings is 1. The van der Waals surface area contributed by atoms with Crippen LogP contribution >= 0.6 is 0 Å². The van der Waals surface area contributed by atoms with Gasteiger partial charge < -0.3 is 5.11 Å². The van der Waals surface area contributed by atoms with E-state index in [1.807, 2.05) is 18.2 Å². The van der Waals surface area contributed by atoms with Gasteiger partial charge in [-0.25, -0.2) is 4.79 Å². The van der Waals surface area contributed by atoms with Crippen LogP contribution in [0.25, 0.3) is 0 Å². The van der Waals surface area contributed by atoms with E-state index in [9.17, 15) is 4.79 Å². The minimum Gasteiger partial charge on any atom is -0.476 e. The lowest BCUT2D eigenvalue weighted by atomic mass is 10.1. The predicted molar refractivity (Wildman–Crippen MR) is 74.4 cm³/mol. The van der Waals surface area contributed by atoms with Gasteiger partial charge in [-0.05, 0) is 31.0 Å². The van der Waals surface area contributed by atoms with Crippen LogP contribution in [0.5, 0.6) is 0 Å². The number of hydrogen-bond acceptors (Lipinski definition) is 3. The van der Waals surface area contributed by atoms with Crippen LogP contribution in [0.4, 0.5) is 0 Å². The van der Waals surface area contributed by atoms with Gasteiger partial charge in [0.05, 0.1) is 11.7 Å². The average Bonchev–Trinajstić information content (AvgIpc) is 3.08. The van der Waals surface area contributed by atoms with Gasteiger partial charge in [0.1, 0.15) is 0 Å². The Morgan fingerprint density at radius 2 is 2.20 bits per heavy atom. The maximum Gasteiger partial charge on any atom is 0.356 e. The fourth-order valence-electron chi connectivity index (χ4n) is 2.80. The summed E-state index contributed by atoms with van der Waals surface area (Å²) in [5.74, 6) is -0.986. The quantitative estimate of drug-likeness (QED) is 0.896. The maximum absolute atomic E-state index is 10.9. The highest BCUT2D eigenvalue weighted by atomic mass is 16.4. The predicted octanol–water partition coefficient (Wildman–Crippen LogP) is 2.45. The molecule has 1 aromatic heterocycles. The van der Waals surface area contributed by atoms with Crippen molar-refractivity contribution in [1.82, 2.24) is 15.1 Å². The number of carboxylic acids is 1. The minimum atomic E-state index is -0.986. The van der Waals surface area contributed by atoms with E-state index in [1.165, 1.54) is 5.56 Å². The molecule has 2 aromatic rings. The molecule has 0 saturated carbocycles. The Morgan fingerprint density at radius 1 is 1.40 bits per heavy atom. The van der Waals surface area contributed by atoms with E-state index in [4.69, 9.17) is 5.11 Å². The zero-order valence-corrected chi connectivity index (χ0v) is 11.1. The van der Waals surface area contributed by atoms with E-state index >= 15 is 0 Å². The van der Waals surface area contributed by atoms with Crippen LogP contribution in [-0.2, 0) is 6.54 Å². The molecule has 1 aliphatic rings. The number of carbonyl (C=O) groups is 1. The lowest BCUT2D eigenvalue weighted by Crippen LogP contribution is -2.23. The molecule has 3 rings (SSSR count). The minimum absolute atomic E-state index is 0.0894. The first-order valence-electron chi connectivity index (χ1n) is 6.80. The summed E-state index contributed by atoms with van der Waals surface area (Å²) in [4.78, 5) is 13.3. The summed E-state index contributed by atoms with van der Waals surface area (Å²) in [6.07, 6.45) is 2.16. The van der Waals surface area contributed by atoms with Gasteiger partial charge in [-0.15, -0.1) is 0 Å². The Bertz CT molecular complexity index is 594. The fraction of sp³-hybridized carbons (Fsp3) is 0.333. The van der Waals surface area contributed by atoms with Crippen LogP contribution in [0.3, 0.4) is 0 Å². The summed E-state index contributed by atoms with van der Waals surface area (Å²) in [7, 11) is 0. The Kier molecular flexibility index (Phi) is 3.52. The summed E-state index contributed by atoms with van der Waals surface area (Å²) < 4.78 is 0. The van der Waals surface area contributed by atoms with Crippen LogP contribution in [-0.4, -0.2) is 32.7 Å². The molecule has 1 saturated heterocycles. The number of rotatable bonds is 4. The third kappa shape index (κ3) is 2.58. The molecule has 1 aliphatic heterocycles. The molecule has 0 aliphatic carbocycles. The second-order valence-corrected chi connectivity index (χ2v) is 5.13. The van der Waals surface area contributed by atoms with Crippen molar-refractivity contribution < 1.29 is 9.90 Å². The van der Waals surface area contributed by atoms with Crippen LogP contribution < -0.4 is 0 Å². The van der Waals surface area contributed by atoms with Crippen molar-refractivity contribution in [1.29, 1.82) is 0 Å². The van der Waals surface area contributed by atoms with E-state index in [2.05, 4.69) is 27.2 Å². The van der Waals surface area contributed by atoms with E-state index in [1.54, 1.807) is 6.07 Å². The summed E-state index contributed by atoms with van der Waals surface area (Å²) in [5.41, 5.74) is 2.26. The number of aromatic amines is 1.